The lowest BCUT2D eigenvalue weighted by Gasteiger charge is -2.30. The van der Waals surface area contributed by atoms with E-state index < -0.39 is 14.8 Å². The van der Waals surface area contributed by atoms with Crippen molar-refractivity contribution in [2.45, 2.75) is 57.2 Å². The van der Waals surface area contributed by atoms with Gasteiger partial charge in [-0.15, -0.1) is 0 Å². The second kappa shape index (κ2) is 8.80. The molecule has 2 aromatic rings. The van der Waals surface area contributed by atoms with Crippen LogP contribution in [-0.4, -0.2) is 34.9 Å². The van der Waals surface area contributed by atoms with Gasteiger partial charge in [0, 0.05) is 36.5 Å². The number of nitrogens with one attached hydrogen (secondary N) is 2. The molecule has 7 nitrogen and oxygen atoms in total. The Hall–Kier alpha value is -1.71. The molecule has 164 valence electrons. The molecule has 1 amide bonds. The Morgan fingerprint density at radius 3 is 2.43 bits per heavy atom. The topological polar surface area (TPSA) is 93.1 Å². The second-order valence-corrected chi connectivity index (χ2v) is 12.2. The van der Waals surface area contributed by atoms with Gasteiger partial charge in [0.25, 0.3) is 0 Å². The quantitative estimate of drug-likeness (QED) is 0.652. The van der Waals surface area contributed by atoms with Crippen LogP contribution in [0.5, 0.6) is 0 Å². The monoisotopic (exact) mass is 496 g/mol. The number of rotatable bonds is 5. The predicted octanol–water partition coefficient (Wildman–Crippen LogP) is 4.06. The first-order valence-electron chi connectivity index (χ1n) is 10.1. The summed E-state index contributed by atoms with van der Waals surface area (Å²) >= 11 is 3.51. The van der Waals surface area contributed by atoms with Crippen molar-refractivity contribution in [3.05, 3.63) is 34.9 Å². The zero-order valence-electron chi connectivity index (χ0n) is 17.8. The molecule has 0 saturated heterocycles. The molecule has 1 heterocycles. The van der Waals surface area contributed by atoms with Crippen molar-refractivity contribution >= 4 is 37.5 Å². The average Bonchev–Trinajstić information content (AvgIpc) is 2.99. The summed E-state index contributed by atoms with van der Waals surface area (Å²) in [5, 5.41) is 7.45. The third kappa shape index (κ3) is 5.31. The number of hydrogen-bond donors (Lipinski definition) is 2. The van der Waals surface area contributed by atoms with Crippen LogP contribution in [0.1, 0.15) is 46.5 Å². The fraction of sp³-hybridized carbons (Fsp3) is 0.524. The highest BCUT2D eigenvalue weighted by atomic mass is 79.9. The van der Waals surface area contributed by atoms with Gasteiger partial charge in [0.05, 0.1) is 9.22 Å². The largest absolute Gasteiger partial charge is 0.326 e. The van der Waals surface area contributed by atoms with E-state index in [1.165, 1.54) is 0 Å². The minimum Gasteiger partial charge on any atom is -0.326 e. The minimum atomic E-state index is -3.38. The van der Waals surface area contributed by atoms with Gasteiger partial charge >= 0.3 is 0 Å². The molecule has 0 atom stereocenters. The van der Waals surface area contributed by atoms with Gasteiger partial charge in [-0.2, -0.15) is 5.10 Å². The number of hydrogen-bond acceptors (Lipinski definition) is 4. The third-order valence-corrected chi connectivity index (χ3v) is 8.25. The maximum Gasteiger partial charge on any atom is 0.227 e. The zero-order chi connectivity index (χ0) is 22.1. The van der Waals surface area contributed by atoms with Gasteiger partial charge in [0.2, 0.25) is 15.9 Å². The molecule has 1 aromatic heterocycles. The normalized spacial score (nSPS) is 20.2. The number of sulfonamides is 1. The Kier molecular flexibility index (Phi) is 6.74. The summed E-state index contributed by atoms with van der Waals surface area (Å²) in [4.78, 5) is 12.8. The molecule has 9 heteroatoms. The average molecular weight is 497 g/mol. The van der Waals surface area contributed by atoms with Crippen molar-refractivity contribution in [3.63, 3.8) is 0 Å². The lowest BCUT2D eigenvalue weighted by atomic mass is 9.86. The SMILES string of the molecule is Cn1cc(Br)c(-c2cccc(NC(=O)[C@H]3CC[C@H](NS(=O)(=O)C(C)(C)C)CC3)c2)n1. The zero-order valence-corrected chi connectivity index (χ0v) is 20.2. The molecule has 1 saturated carbocycles. The number of amides is 1. The standard InChI is InChI=1S/C21H29BrN4O3S/c1-21(2,3)30(28,29)25-16-10-8-14(9-11-16)20(27)23-17-7-5-6-15(12-17)19-18(22)13-26(4)24-19/h5-7,12-14,16,25H,8-11H2,1-4H3,(H,23,27)/t14-,16-. The number of halogens is 1. The van der Waals surface area contributed by atoms with Crippen molar-refractivity contribution in [1.29, 1.82) is 0 Å². The van der Waals surface area contributed by atoms with Crippen molar-refractivity contribution in [2.24, 2.45) is 13.0 Å². The van der Waals surface area contributed by atoms with E-state index >= 15 is 0 Å². The summed E-state index contributed by atoms with van der Waals surface area (Å²) < 4.78 is 29.3. The van der Waals surface area contributed by atoms with Gasteiger partial charge in [0.15, 0.2) is 0 Å². The van der Waals surface area contributed by atoms with Crippen LogP contribution in [0.4, 0.5) is 5.69 Å². The first kappa shape index (κ1) is 23.0. The Morgan fingerprint density at radius 1 is 1.20 bits per heavy atom. The lowest BCUT2D eigenvalue weighted by molar-refractivity contribution is -0.120. The fourth-order valence-corrected chi connectivity index (χ4v) is 5.15. The summed E-state index contributed by atoms with van der Waals surface area (Å²) in [5.74, 6) is -0.144. The molecular formula is C21H29BrN4O3S. The number of aromatic nitrogens is 2. The molecule has 1 aromatic carbocycles. The van der Waals surface area contributed by atoms with Crippen molar-refractivity contribution < 1.29 is 13.2 Å². The van der Waals surface area contributed by atoms with E-state index in [2.05, 4.69) is 31.1 Å². The number of nitrogens with zero attached hydrogens (tertiary/aromatic N) is 2. The third-order valence-electron chi connectivity index (χ3n) is 5.41. The van der Waals surface area contributed by atoms with Crippen LogP contribution in [0.2, 0.25) is 0 Å². The van der Waals surface area contributed by atoms with Crippen LogP contribution in [0.15, 0.2) is 34.9 Å². The molecule has 2 N–H and O–H groups in total. The highest BCUT2D eigenvalue weighted by molar-refractivity contribution is 9.10. The fourth-order valence-electron chi connectivity index (χ4n) is 3.51. The molecule has 30 heavy (non-hydrogen) atoms. The van der Waals surface area contributed by atoms with E-state index in [1.807, 2.05) is 37.5 Å². The van der Waals surface area contributed by atoms with E-state index in [9.17, 15) is 13.2 Å². The summed E-state index contributed by atoms with van der Waals surface area (Å²) in [7, 11) is -1.52. The summed E-state index contributed by atoms with van der Waals surface area (Å²) in [5.41, 5.74) is 2.46. The molecule has 0 spiro atoms. The van der Waals surface area contributed by atoms with E-state index in [-0.39, 0.29) is 17.9 Å². The van der Waals surface area contributed by atoms with E-state index in [0.717, 1.165) is 21.4 Å². The molecule has 0 aliphatic heterocycles. The van der Waals surface area contributed by atoms with Crippen LogP contribution in [0.3, 0.4) is 0 Å². The smallest absolute Gasteiger partial charge is 0.227 e. The van der Waals surface area contributed by atoms with Gasteiger partial charge in [-0.05, 0) is 74.5 Å². The van der Waals surface area contributed by atoms with Gasteiger partial charge < -0.3 is 5.32 Å². The molecule has 0 unspecified atom stereocenters. The molecule has 1 aliphatic carbocycles. The maximum atomic E-state index is 12.8. The first-order chi connectivity index (χ1) is 14.0. The molecule has 1 fully saturated rings. The molecular weight excluding hydrogens is 468 g/mol. The molecule has 0 bridgehead atoms. The van der Waals surface area contributed by atoms with Crippen LogP contribution < -0.4 is 10.0 Å². The molecule has 0 radical (unpaired) electrons. The molecule has 1 aliphatic rings. The first-order valence-corrected chi connectivity index (χ1v) is 12.4. The van der Waals surface area contributed by atoms with Crippen LogP contribution in [0.25, 0.3) is 11.3 Å². The Balaban J connectivity index is 1.59. The maximum absolute atomic E-state index is 12.8. The van der Waals surface area contributed by atoms with Crippen molar-refractivity contribution in [3.8, 4) is 11.3 Å². The van der Waals surface area contributed by atoms with E-state index in [1.54, 1.807) is 25.5 Å². The Morgan fingerprint density at radius 2 is 1.87 bits per heavy atom. The Labute approximate surface area is 186 Å². The highest BCUT2D eigenvalue weighted by Crippen LogP contribution is 2.30. The van der Waals surface area contributed by atoms with Gasteiger partial charge in [-0.25, -0.2) is 13.1 Å². The van der Waals surface area contributed by atoms with Gasteiger partial charge in [0.1, 0.15) is 5.69 Å². The molecule has 3 rings (SSSR count). The Bertz CT molecular complexity index is 1020. The van der Waals surface area contributed by atoms with Gasteiger partial charge in [-0.1, -0.05) is 12.1 Å². The van der Waals surface area contributed by atoms with Gasteiger partial charge in [-0.3, -0.25) is 9.48 Å². The van der Waals surface area contributed by atoms with Crippen molar-refractivity contribution in [2.75, 3.05) is 5.32 Å². The highest BCUT2D eigenvalue weighted by Gasteiger charge is 2.34. The summed E-state index contributed by atoms with van der Waals surface area (Å²) in [6, 6.07) is 7.51. The van der Waals surface area contributed by atoms with E-state index in [0.29, 0.717) is 25.7 Å². The number of carbonyl (C=O) groups is 1. The van der Waals surface area contributed by atoms with Crippen LogP contribution in [-0.2, 0) is 21.9 Å². The number of aryl methyl sites for hydroxylation is 1. The lowest BCUT2D eigenvalue weighted by Crippen LogP contribution is -2.46. The summed E-state index contributed by atoms with van der Waals surface area (Å²) in [6.45, 7) is 5.06. The van der Waals surface area contributed by atoms with E-state index in [4.69, 9.17) is 0 Å². The number of benzene rings is 1. The van der Waals surface area contributed by atoms with Crippen LogP contribution >= 0.6 is 15.9 Å². The van der Waals surface area contributed by atoms with Crippen LogP contribution in [0, 0.1) is 5.92 Å². The number of carbonyl (C=O) groups excluding carboxylic acids is 1. The minimum absolute atomic E-state index is 0.0237. The number of anilines is 1. The predicted molar refractivity (Wildman–Crippen MR) is 123 cm³/mol. The second-order valence-electron chi connectivity index (χ2n) is 8.85. The summed E-state index contributed by atoms with van der Waals surface area (Å²) in [6.07, 6.45) is 4.53. The van der Waals surface area contributed by atoms with Crippen molar-refractivity contribution in [1.82, 2.24) is 14.5 Å².